The average Bonchev–Trinajstić information content (AvgIpc) is 3.04. The van der Waals surface area contributed by atoms with Crippen LogP contribution in [0, 0.1) is 13.7 Å². The number of aryl methyl sites for hydroxylation is 3. The second-order valence-electron chi connectivity index (χ2n) is 10.3. The summed E-state index contributed by atoms with van der Waals surface area (Å²) in [6.45, 7) is 7.52. The molecule has 0 bridgehead atoms. The number of imidazole rings is 1. The molecule has 0 radical (unpaired) electrons. The van der Waals surface area contributed by atoms with Gasteiger partial charge in [-0.15, -0.1) is 0 Å². The van der Waals surface area contributed by atoms with Gasteiger partial charge in [0.05, 0.1) is 20.5 Å². The summed E-state index contributed by atoms with van der Waals surface area (Å²) in [6, 6.07) is 15.5. The number of nitrogens with zero attached hydrogens (tertiary/aromatic N) is 2. The summed E-state index contributed by atoms with van der Waals surface area (Å²) < 4.78 is 55.1. The van der Waals surface area contributed by atoms with Crippen LogP contribution in [0.1, 0.15) is 45.9 Å². The van der Waals surface area contributed by atoms with Crippen molar-refractivity contribution in [2.45, 2.75) is 59.5 Å². The summed E-state index contributed by atoms with van der Waals surface area (Å²) >= 11 is 0. The van der Waals surface area contributed by atoms with Gasteiger partial charge < -0.3 is 0 Å². The second kappa shape index (κ2) is 6.81. The Balaban J connectivity index is 2.38. The maximum absolute atomic E-state index is 8.51. The van der Waals surface area contributed by atoms with Gasteiger partial charge in [-0.2, -0.15) is 4.57 Å². The summed E-state index contributed by atoms with van der Waals surface area (Å²) in [6.07, 6.45) is 0. The molecule has 4 rings (SSSR count). The molecule has 3 aromatic carbocycles. The molecule has 2 nitrogen and oxygen atoms in total. The molecule has 1 heterocycles. The number of aromatic nitrogens is 2. The Labute approximate surface area is 190 Å². The van der Waals surface area contributed by atoms with Crippen LogP contribution in [0.5, 0.6) is 0 Å². The quantitative estimate of drug-likeness (QED) is 0.274. The Kier molecular flexibility index (Phi) is 3.31. The third-order valence-electron chi connectivity index (χ3n) is 5.86. The third-order valence-corrected chi connectivity index (χ3v) is 7.88. The van der Waals surface area contributed by atoms with E-state index in [1.165, 1.54) is 0 Å². The summed E-state index contributed by atoms with van der Waals surface area (Å²) in [5, 5.41) is 2.78. The average molecular weight is 422 g/mol. The molecular weight excluding hydrogens is 380 g/mol. The fourth-order valence-corrected chi connectivity index (χ4v) is 5.64. The van der Waals surface area contributed by atoms with Gasteiger partial charge in [-0.3, -0.25) is 0 Å². The van der Waals surface area contributed by atoms with Crippen molar-refractivity contribution in [3.63, 3.8) is 0 Å². The molecule has 0 saturated carbocycles. The minimum absolute atomic E-state index is 0.0875. The highest BCUT2D eigenvalue weighted by Crippen LogP contribution is 2.31. The molecule has 0 N–H and O–H groups in total. The van der Waals surface area contributed by atoms with Gasteiger partial charge in [0.15, 0.2) is 11.0 Å². The van der Waals surface area contributed by atoms with Gasteiger partial charge in [0.2, 0.25) is 0 Å². The van der Waals surface area contributed by atoms with Crippen molar-refractivity contribution in [2.24, 2.45) is 7.05 Å². The van der Waals surface area contributed by atoms with Gasteiger partial charge in [0.1, 0.15) is 5.69 Å². The normalized spacial score (nSPS) is 16.6. The van der Waals surface area contributed by atoms with Crippen molar-refractivity contribution < 1.29 is 12.8 Å². The van der Waals surface area contributed by atoms with E-state index in [1.807, 2.05) is 41.9 Å². The van der Waals surface area contributed by atoms with Crippen molar-refractivity contribution in [3.8, 4) is 5.69 Å². The molecule has 0 atom stereocenters. The minimum Gasteiger partial charge on any atom is -0.229 e. The molecule has 0 aliphatic heterocycles. The molecule has 0 saturated heterocycles. The maximum atomic E-state index is 8.51. The van der Waals surface area contributed by atoms with Crippen LogP contribution < -0.4 is 9.75 Å². The first kappa shape index (κ1) is 14.6. The van der Waals surface area contributed by atoms with E-state index in [9.17, 15) is 0 Å². The summed E-state index contributed by atoms with van der Waals surface area (Å²) in [7, 11) is -0.0675. The highest BCUT2D eigenvalue weighted by Gasteiger charge is 2.36. The molecule has 3 heteroatoms. The van der Waals surface area contributed by atoms with Crippen molar-refractivity contribution in [1.29, 1.82) is 0 Å². The first-order valence-electron chi connectivity index (χ1n) is 13.5. The summed E-state index contributed by atoms with van der Waals surface area (Å²) in [5.41, 5.74) is 1.75. The summed E-state index contributed by atoms with van der Waals surface area (Å²) in [5.74, 6) is 0.839. The Hall–Kier alpha value is -2.39. The van der Waals surface area contributed by atoms with Gasteiger partial charge in [-0.25, -0.2) is 4.57 Å². The van der Waals surface area contributed by atoms with Crippen LogP contribution in [0.25, 0.3) is 27.5 Å². The number of hydrogen-bond donors (Lipinski definition) is 0. The largest absolute Gasteiger partial charge is 0.267 e. The molecule has 1 aromatic heterocycles. The van der Waals surface area contributed by atoms with Crippen molar-refractivity contribution in [1.82, 2.24) is 4.57 Å². The van der Waals surface area contributed by atoms with E-state index in [0.29, 0.717) is 0 Å². The minimum atomic E-state index is -2.50. The Morgan fingerprint density at radius 2 is 1.57 bits per heavy atom. The third kappa shape index (κ3) is 3.20. The zero-order valence-corrected chi connectivity index (χ0v) is 20.0. The lowest BCUT2D eigenvalue weighted by molar-refractivity contribution is -0.582. The number of benzene rings is 3. The lowest BCUT2D eigenvalue weighted by Gasteiger charge is -2.22. The molecule has 0 aliphatic rings. The monoisotopic (exact) mass is 421 g/mol. The van der Waals surface area contributed by atoms with Crippen molar-refractivity contribution >= 4 is 35.1 Å². The molecule has 0 aliphatic carbocycles. The van der Waals surface area contributed by atoms with E-state index in [2.05, 4.69) is 51.0 Å². The number of fused-ring (bicyclic) bond motifs is 3. The van der Waals surface area contributed by atoms with E-state index in [1.54, 1.807) is 12.1 Å². The Bertz CT molecular complexity index is 1450. The fourth-order valence-electron chi connectivity index (χ4n) is 4.48. The van der Waals surface area contributed by atoms with Gasteiger partial charge in [0.25, 0.3) is 5.82 Å². The molecule has 30 heavy (non-hydrogen) atoms. The predicted molar refractivity (Wildman–Crippen MR) is 133 cm³/mol. The highest BCUT2D eigenvalue weighted by molar-refractivity contribution is 6.88. The van der Waals surface area contributed by atoms with Gasteiger partial charge in [0, 0.05) is 13.6 Å². The molecule has 0 amide bonds. The van der Waals surface area contributed by atoms with Crippen LogP contribution in [-0.2, 0) is 12.5 Å². The Morgan fingerprint density at radius 3 is 2.13 bits per heavy atom. The van der Waals surface area contributed by atoms with Gasteiger partial charge in [-0.05, 0) is 69.2 Å². The molecule has 0 fully saturated rings. The van der Waals surface area contributed by atoms with Gasteiger partial charge in [-0.1, -0.05) is 55.2 Å². The zero-order valence-electron chi connectivity index (χ0n) is 25.0. The van der Waals surface area contributed by atoms with E-state index in [4.69, 9.17) is 8.22 Å². The van der Waals surface area contributed by atoms with E-state index >= 15 is 0 Å². The van der Waals surface area contributed by atoms with Gasteiger partial charge >= 0.3 is 0 Å². The van der Waals surface area contributed by atoms with E-state index in [-0.39, 0.29) is 16.8 Å². The maximum Gasteiger partial charge on any atom is 0.267 e. The van der Waals surface area contributed by atoms with Crippen molar-refractivity contribution in [2.75, 3.05) is 0 Å². The molecular formula is C27H35N2Si+. The lowest BCUT2D eigenvalue weighted by atomic mass is 9.94. The van der Waals surface area contributed by atoms with Crippen LogP contribution in [0.4, 0.5) is 0 Å². The first-order chi connectivity index (χ1) is 16.3. The first-order valence-corrected chi connectivity index (χ1v) is 14.0. The second-order valence-corrected chi connectivity index (χ2v) is 15.4. The van der Waals surface area contributed by atoms with Crippen molar-refractivity contribution in [3.05, 3.63) is 65.5 Å². The lowest BCUT2D eigenvalue weighted by Crippen LogP contribution is -2.44. The topological polar surface area (TPSA) is 8.81 Å². The highest BCUT2D eigenvalue weighted by atomic mass is 28.3. The van der Waals surface area contributed by atoms with Crippen LogP contribution in [0.2, 0.25) is 19.6 Å². The van der Waals surface area contributed by atoms with Crippen LogP contribution in [0.3, 0.4) is 0 Å². The van der Waals surface area contributed by atoms with E-state index < -0.39 is 27.2 Å². The molecule has 0 unspecified atom stereocenters. The molecule has 156 valence electrons. The summed E-state index contributed by atoms with van der Waals surface area (Å²) in [4.78, 5) is 0. The molecule has 0 spiro atoms. The van der Waals surface area contributed by atoms with Crippen LogP contribution in [-0.4, -0.2) is 12.6 Å². The van der Waals surface area contributed by atoms with Crippen LogP contribution in [0.15, 0.2) is 48.5 Å². The van der Waals surface area contributed by atoms with E-state index in [0.717, 1.165) is 32.8 Å². The molecule has 4 aromatic rings. The standard InChI is InChI=1S/C27H35N2Si/c1-18-16-21(30(7,8)9)17-19(2)24(18)29-25-22-13-11-10-12-20(22)14-15-23(25)28(6)26(29)27(3,4)5/h10-17H,1-9H3/q+1/i1D3,2D3. The van der Waals surface area contributed by atoms with Crippen LogP contribution >= 0.6 is 0 Å². The zero-order chi connectivity index (χ0) is 27.0. The number of hydrogen-bond acceptors (Lipinski definition) is 0. The SMILES string of the molecule is [2H]C([2H])([2H])c1cc([Si](C)(C)C)cc(C([2H])([2H])[2H])c1-[n+]1c(C(C)(C)C)n(C)c2ccc3ccccc3c21. The predicted octanol–water partition coefficient (Wildman–Crippen LogP) is 6.07. The smallest absolute Gasteiger partial charge is 0.229 e. The number of rotatable bonds is 2. The Morgan fingerprint density at radius 1 is 0.933 bits per heavy atom. The fraction of sp³-hybridized carbons (Fsp3) is 0.370.